The lowest BCUT2D eigenvalue weighted by atomic mass is 9.95. The van der Waals surface area contributed by atoms with Crippen molar-refractivity contribution < 1.29 is 18.3 Å². The Balaban J connectivity index is 2.13. The molecule has 0 saturated carbocycles. The summed E-state index contributed by atoms with van der Waals surface area (Å²) < 4.78 is 28.2. The smallest absolute Gasteiger partial charge is 0.303 e. The van der Waals surface area contributed by atoms with Gasteiger partial charge in [0.1, 0.15) is 4.90 Å². The molecule has 9 heteroatoms. The van der Waals surface area contributed by atoms with Crippen molar-refractivity contribution in [3.63, 3.8) is 0 Å². The van der Waals surface area contributed by atoms with Crippen molar-refractivity contribution in [3.8, 4) is 0 Å². The summed E-state index contributed by atoms with van der Waals surface area (Å²) in [5.41, 5.74) is 0. The molecule has 21 heavy (non-hydrogen) atoms. The lowest BCUT2D eigenvalue weighted by Gasteiger charge is -2.31. The van der Waals surface area contributed by atoms with Crippen molar-refractivity contribution in [1.29, 1.82) is 0 Å². The Morgan fingerprint density at radius 2 is 2.19 bits per heavy atom. The molecule has 0 spiro atoms. The minimum Gasteiger partial charge on any atom is -0.481 e. The second kappa shape index (κ2) is 7.08. The Labute approximate surface area is 144 Å². The highest BCUT2D eigenvalue weighted by atomic mass is 79.9. The molecule has 0 radical (unpaired) electrons. The zero-order chi connectivity index (χ0) is 15.6. The van der Waals surface area contributed by atoms with Crippen LogP contribution in [0, 0.1) is 5.92 Å². The SMILES string of the molecule is O=C(O)CCC1CCCN(S(=O)(=O)c2cc(Br)sc2Br)C1. The number of thiophene rings is 1. The Bertz CT molecular complexity index is 629. The molecule has 5 nitrogen and oxygen atoms in total. The summed E-state index contributed by atoms with van der Waals surface area (Å²) in [6, 6.07) is 1.60. The van der Waals surface area contributed by atoms with E-state index in [0.29, 0.717) is 23.3 Å². The second-order valence-corrected chi connectivity index (χ2v) is 10.6. The van der Waals surface area contributed by atoms with Crippen LogP contribution in [-0.4, -0.2) is 36.9 Å². The first-order valence-electron chi connectivity index (χ1n) is 6.47. The predicted octanol–water partition coefficient (Wildman–Crippen LogP) is 3.54. The van der Waals surface area contributed by atoms with E-state index in [4.69, 9.17) is 5.11 Å². The van der Waals surface area contributed by atoms with Crippen LogP contribution in [0.1, 0.15) is 25.7 Å². The van der Waals surface area contributed by atoms with E-state index in [0.717, 1.165) is 16.6 Å². The first kappa shape index (κ1) is 17.4. The molecule has 1 atom stereocenters. The average molecular weight is 461 g/mol. The van der Waals surface area contributed by atoms with E-state index >= 15 is 0 Å². The summed E-state index contributed by atoms with van der Waals surface area (Å²) in [5.74, 6) is -0.718. The Kier molecular flexibility index (Phi) is 5.86. The van der Waals surface area contributed by atoms with Crippen LogP contribution in [0.3, 0.4) is 0 Å². The average Bonchev–Trinajstić information content (AvgIpc) is 2.76. The summed E-state index contributed by atoms with van der Waals surface area (Å²) in [6.07, 6.45) is 2.27. The van der Waals surface area contributed by atoms with Crippen LogP contribution < -0.4 is 0 Å². The van der Waals surface area contributed by atoms with Crippen molar-refractivity contribution in [3.05, 3.63) is 13.6 Å². The second-order valence-electron chi connectivity index (χ2n) is 4.99. The fraction of sp³-hybridized carbons (Fsp3) is 0.583. The van der Waals surface area contributed by atoms with E-state index in [9.17, 15) is 13.2 Å². The maximum absolute atomic E-state index is 12.7. The largest absolute Gasteiger partial charge is 0.481 e. The fourth-order valence-electron chi connectivity index (χ4n) is 2.45. The van der Waals surface area contributed by atoms with Gasteiger partial charge in [0, 0.05) is 19.5 Å². The van der Waals surface area contributed by atoms with Gasteiger partial charge in [-0.05, 0) is 63.1 Å². The van der Waals surface area contributed by atoms with Crippen LogP contribution >= 0.6 is 43.2 Å². The Morgan fingerprint density at radius 1 is 1.48 bits per heavy atom. The zero-order valence-electron chi connectivity index (χ0n) is 11.1. The van der Waals surface area contributed by atoms with Crippen molar-refractivity contribution in [2.24, 2.45) is 5.92 Å². The van der Waals surface area contributed by atoms with E-state index in [1.807, 2.05) is 0 Å². The van der Waals surface area contributed by atoms with E-state index in [1.165, 1.54) is 15.6 Å². The number of hydrogen-bond donors (Lipinski definition) is 1. The third-order valence-corrected chi connectivity index (χ3v) is 8.11. The zero-order valence-corrected chi connectivity index (χ0v) is 15.9. The predicted molar refractivity (Wildman–Crippen MR) is 88.1 cm³/mol. The summed E-state index contributed by atoms with van der Waals surface area (Å²) in [4.78, 5) is 10.9. The fourth-order valence-corrected chi connectivity index (χ4v) is 7.76. The molecule has 1 unspecified atom stereocenters. The standard InChI is InChI=1S/C12H15Br2NO4S2/c13-10-6-9(12(14)20-10)21(18,19)15-5-1-2-8(7-15)3-4-11(16)17/h6,8H,1-5,7H2,(H,16,17). The molecule has 1 saturated heterocycles. The van der Waals surface area contributed by atoms with Gasteiger partial charge in [0.15, 0.2) is 0 Å². The molecule has 1 aliphatic heterocycles. The molecular formula is C12H15Br2NO4S2. The Hall–Kier alpha value is 0.0400. The third kappa shape index (κ3) is 4.28. The molecule has 2 rings (SSSR count). The number of hydrogen-bond acceptors (Lipinski definition) is 4. The maximum atomic E-state index is 12.7. The monoisotopic (exact) mass is 459 g/mol. The molecule has 0 aromatic carbocycles. The van der Waals surface area contributed by atoms with Gasteiger partial charge in [-0.2, -0.15) is 4.31 Å². The van der Waals surface area contributed by atoms with Gasteiger partial charge in [-0.15, -0.1) is 11.3 Å². The number of sulfonamides is 1. The minimum atomic E-state index is -3.52. The molecule has 1 aliphatic rings. The highest BCUT2D eigenvalue weighted by Gasteiger charge is 2.32. The van der Waals surface area contributed by atoms with E-state index in [1.54, 1.807) is 6.07 Å². The highest BCUT2D eigenvalue weighted by molar-refractivity contribution is 9.12. The molecule has 1 aromatic rings. The summed E-state index contributed by atoms with van der Waals surface area (Å²) in [5, 5.41) is 8.75. The molecule has 0 bridgehead atoms. The van der Waals surface area contributed by atoms with Crippen LogP contribution in [0.4, 0.5) is 0 Å². The van der Waals surface area contributed by atoms with Gasteiger partial charge < -0.3 is 5.11 Å². The van der Waals surface area contributed by atoms with Gasteiger partial charge in [-0.3, -0.25) is 4.79 Å². The molecule has 1 aromatic heterocycles. The number of aliphatic carboxylic acids is 1. The van der Waals surface area contributed by atoms with Crippen LogP contribution in [0.5, 0.6) is 0 Å². The third-order valence-electron chi connectivity index (χ3n) is 3.49. The number of carboxylic acid groups (broad SMARTS) is 1. The van der Waals surface area contributed by atoms with E-state index in [-0.39, 0.29) is 17.2 Å². The first-order chi connectivity index (χ1) is 9.80. The number of carbonyl (C=O) groups is 1. The minimum absolute atomic E-state index is 0.0895. The number of halogens is 2. The van der Waals surface area contributed by atoms with Crippen molar-refractivity contribution in [2.45, 2.75) is 30.6 Å². The van der Waals surface area contributed by atoms with Crippen LogP contribution in [-0.2, 0) is 14.8 Å². The van der Waals surface area contributed by atoms with Crippen molar-refractivity contribution >= 4 is 59.2 Å². The van der Waals surface area contributed by atoms with Crippen LogP contribution in [0.25, 0.3) is 0 Å². The quantitative estimate of drug-likeness (QED) is 0.729. The van der Waals surface area contributed by atoms with Crippen LogP contribution in [0.15, 0.2) is 18.5 Å². The topological polar surface area (TPSA) is 74.7 Å². The number of piperidine rings is 1. The molecule has 1 fully saturated rings. The molecule has 1 N–H and O–H groups in total. The summed E-state index contributed by atoms with van der Waals surface area (Å²) >= 11 is 7.91. The van der Waals surface area contributed by atoms with Gasteiger partial charge in [0.25, 0.3) is 0 Å². The lowest BCUT2D eigenvalue weighted by molar-refractivity contribution is -0.137. The molecule has 118 valence electrons. The first-order valence-corrected chi connectivity index (χ1v) is 10.3. The molecule has 0 aliphatic carbocycles. The number of carboxylic acids is 1. The highest BCUT2D eigenvalue weighted by Crippen LogP contribution is 2.37. The van der Waals surface area contributed by atoms with Gasteiger partial charge in [-0.1, -0.05) is 0 Å². The van der Waals surface area contributed by atoms with Gasteiger partial charge in [0.2, 0.25) is 10.0 Å². The lowest BCUT2D eigenvalue weighted by Crippen LogP contribution is -2.40. The van der Waals surface area contributed by atoms with E-state index in [2.05, 4.69) is 31.9 Å². The van der Waals surface area contributed by atoms with Crippen molar-refractivity contribution in [2.75, 3.05) is 13.1 Å². The van der Waals surface area contributed by atoms with Gasteiger partial charge in [0.05, 0.1) is 7.57 Å². The molecular weight excluding hydrogens is 446 g/mol. The summed E-state index contributed by atoms with van der Waals surface area (Å²) in [7, 11) is -3.52. The summed E-state index contributed by atoms with van der Waals surface area (Å²) in [6.45, 7) is 0.890. The van der Waals surface area contributed by atoms with Crippen LogP contribution in [0.2, 0.25) is 0 Å². The van der Waals surface area contributed by atoms with Crippen molar-refractivity contribution in [1.82, 2.24) is 4.31 Å². The molecule has 0 amide bonds. The van der Waals surface area contributed by atoms with Gasteiger partial charge in [-0.25, -0.2) is 8.42 Å². The number of rotatable bonds is 5. The maximum Gasteiger partial charge on any atom is 0.303 e. The number of nitrogens with zero attached hydrogens (tertiary/aromatic N) is 1. The Morgan fingerprint density at radius 3 is 2.76 bits per heavy atom. The molecule has 2 heterocycles. The van der Waals surface area contributed by atoms with Gasteiger partial charge >= 0.3 is 5.97 Å². The normalized spacial score (nSPS) is 20.6. The van der Waals surface area contributed by atoms with E-state index < -0.39 is 16.0 Å².